The predicted octanol–water partition coefficient (Wildman–Crippen LogP) is 4.13. The zero-order valence-electron chi connectivity index (χ0n) is 9.15. The van der Waals surface area contributed by atoms with Crippen LogP contribution in [0.15, 0.2) is 51.8 Å². The molecular weight excluding hydrogens is 317 g/mol. The van der Waals surface area contributed by atoms with Crippen molar-refractivity contribution in [1.82, 2.24) is 0 Å². The lowest BCUT2D eigenvalue weighted by atomic mass is 10.2. The highest BCUT2D eigenvalue weighted by Crippen LogP contribution is 2.21. The van der Waals surface area contributed by atoms with Gasteiger partial charge in [-0.3, -0.25) is 4.79 Å². The zero-order valence-corrected chi connectivity index (χ0v) is 11.6. The number of carbonyl (C=O) groups excluding carboxylic acids is 1. The number of rotatable bonds is 2. The lowest BCUT2D eigenvalue weighted by molar-refractivity contribution is 0.102. The van der Waals surface area contributed by atoms with E-state index >= 15 is 0 Å². The molecule has 92 valence electrons. The molecule has 0 atom stereocenters. The molecule has 0 fully saturated rings. The Morgan fingerprint density at radius 3 is 2.44 bits per heavy atom. The highest BCUT2D eigenvalue weighted by molar-refractivity contribution is 9.10. The molecule has 2 aromatic rings. The summed E-state index contributed by atoms with van der Waals surface area (Å²) in [5.41, 5.74) is 1.00. The minimum absolute atomic E-state index is 0.279. The van der Waals surface area contributed by atoms with E-state index in [0.29, 0.717) is 16.1 Å². The van der Waals surface area contributed by atoms with Crippen LogP contribution in [0.5, 0.6) is 0 Å². The van der Waals surface area contributed by atoms with E-state index in [2.05, 4.69) is 33.9 Å². The van der Waals surface area contributed by atoms with Crippen molar-refractivity contribution in [2.45, 2.75) is 4.90 Å². The van der Waals surface area contributed by atoms with E-state index in [9.17, 15) is 9.18 Å². The summed E-state index contributed by atoms with van der Waals surface area (Å²) in [6, 6.07) is 10.8. The number of carbonyl (C=O) groups is 1. The molecule has 0 bridgehead atoms. The number of halogens is 2. The minimum Gasteiger partial charge on any atom is -0.322 e. The van der Waals surface area contributed by atoms with Crippen LogP contribution in [0.3, 0.4) is 0 Å². The molecule has 0 spiro atoms. The predicted molar refractivity (Wildman–Crippen MR) is 75.7 cm³/mol. The molecule has 1 N–H and O–H groups in total. The minimum atomic E-state index is -0.341. The highest BCUT2D eigenvalue weighted by atomic mass is 79.9. The van der Waals surface area contributed by atoms with Crippen LogP contribution in [0, 0.1) is 5.82 Å². The molecule has 0 heterocycles. The second kappa shape index (κ2) is 5.54. The molecule has 0 saturated carbocycles. The molecule has 0 aliphatic heterocycles. The van der Waals surface area contributed by atoms with Crippen LogP contribution >= 0.6 is 28.6 Å². The van der Waals surface area contributed by atoms with Crippen molar-refractivity contribution in [3.63, 3.8) is 0 Å². The zero-order chi connectivity index (χ0) is 13.1. The standard InChI is InChI=1S/C13H9BrFNOS/c14-8-1-6-11(12(18)7-8)13(17)16-10-4-2-9(15)3-5-10/h1-7,18H,(H,16,17). The maximum Gasteiger partial charge on any atom is 0.256 e. The van der Waals surface area contributed by atoms with Gasteiger partial charge < -0.3 is 5.32 Å². The van der Waals surface area contributed by atoms with Crippen molar-refractivity contribution >= 4 is 40.2 Å². The van der Waals surface area contributed by atoms with Crippen molar-refractivity contribution in [1.29, 1.82) is 0 Å². The van der Waals surface area contributed by atoms with Crippen LogP contribution in [0.25, 0.3) is 0 Å². The van der Waals surface area contributed by atoms with Gasteiger partial charge in [-0.15, -0.1) is 12.6 Å². The summed E-state index contributed by atoms with van der Waals surface area (Å²) in [4.78, 5) is 12.5. The Hall–Kier alpha value is -1.33. The van der Waals surface area contributed by atoms with Crippen LogP contribution in [-0.2, 0) is 0 Å². The van der Waals surface area contributed by atoms with Crippen LogP contribution < -0.4 is 5.32 Å². The van der Waals surface area contributed by atoms with Gasteiger partial charge in [0.1, 0.15) is 5.82 Å². The van der Waals surface area contributed by atoms with E-state index in [-0.39, 0.29) is 11.7 Å². The largest absolute Gasteiger partial charge is 0.322 e. The molecule has 0 unspecified atom stereocenters. The molecule has 0 aliphatic carbocycles. The fourth-order valence-electron chi connectivity index (χ4n) is 1.43. The van der Waals surface area contributed by atoms with Crippen molar-refractivity contribution in [3.05, 3.63) is 58.3 Å². The van der Waals surface area contributed by atoms with Gasteiger partial charge in [-0.1, -0.05) is 15.9 Å². The Morgan fingerprint density at radius 1 is 1.17 bits per heavy atom. The summed E-state index contributed by atoms with van der Waals surface area (Å²) in [5, 5.41) is 2.68. The Morgan fingerprint density at radius 2 is 1.83 bits per heavy atom. The first-order chi connectivity index (χ1) is 8.56. The lowest BCUT2D eigenvalue weighted by Crippen LogP contribution is -2.12. The van der Waals surface area contributed by atoms with Crippen molar-refractivity contribution < 1.29 is 9.18 Å². The molecule has 5 heteroatoms. The van der Waals surface area contributed by atoms with Gasteiger partial charge in [0.2, 0.25) is 0 Å². The smallest absolute Gasteiger partial charge is 0.256 e. The number of amides is 1. The lowest BCUT2D eigenvalue weighted by Gasteiger charge is -2.07. The molecule has 2 rings (SSSR count). The van der Waals surface area contributed by atoms with Crippen LogP contribution in [0.2, 0.25) is 0 Å². The molecule has 0 saturated heterocycles. The quantitative estimate of drug-likeness (QED) is 0.799. The maximum atomic E-state index is 12.7. The van der Waals surface area contributed by atoms with Gasteiger partial charge >= 0.3 is 0 Å². The number of anilines is 1. The average molecular weight is 326 g/mol. The second-order valence-corrected chi connectivity index (χ2v) is 5.02. The summed E-state index contributed by atoms with van der Waals surface area (Å²) in [6.07, 6.45) is 0. The van der Waals surface area contributed by atoms with Gasteiger partial charge in [0.05, 0.1) is 5.56 Å². The Balaban J connectivity index is 2.19. The Kier molecular flexibility index (Phi) is 4.04. The van der Waals surface area contributed by atoms with E-state index in [1.807, 2.05) is 0 Å². The third kappa shape index (κ3) is 3.11. The normalized spacial score (nSPS) is 10.2. The monoisotopic (exact) mass is 325 g/mol. The van der Waals surface area contributed by atoms with E-state index in [1.165, 1.54) is 24.3 Å². The summed E-state index contributed by atoms with van der Waals surface area (Å²) >= 11 is 7.54. The first kappa shape index (κ1) is 13.1. The van der Waals surface area contributed by atoms with Crippen molar-refractivity contribution in [2.24, 2.45) is 0 Å². The van der Waals surface area contributed by atoms with Gasteiger partial charge in [-0.25, -0.2) is 4.39 Å². The maximum absolute atomic E-state index is 12.7. The van der Waals surface area contributed by atoms with Crippen LogP contribution in [0.4, 0.5) is 10.1 Å². The molecule has 1 amide bonds. The third-order valence-electron chi connectivity index (χ3n) is 2.31. The fourth-order valence-corrected chi connectivity index (χ4v) is 2.28. The first-order valence-corrected chi connectivity index (χ1v) is 6.36. The van der Waals surface area contributed by atoms with E-state index in [1.54, 1.807) is 18.2 Å². The second-order valence-electron chi connectivity index (χ2n) is 3.62. The van der Waals surface area contributed by atoms with Crippen molar-refractivity contribution in [3.8, 4) is 0 Å². The molecule has 2 nitrogen and oxygen atoms in total. The summed E-state index contributed by atoms with van der Waals surface area (Å²) in [6.45, 7) is 0. The third-order valence-corrected chi connectivity index (χ3v) is 3.17. The molecule has 0 aliphatic rings. The van der Waals surface area contributed by atoms with Gasteiger partial charge in [-0.2, -0.15) is 0 Å². The Labute approximate surface area is 118 Å². The Bertz CT molecular complexity index is 586. The average Bonchev–Trinajstić information content (AvgIpc) is 2.32. The fraction of sp³-hybridized carbons (Fsp3) is 0. The van der Waals surface area contributed by atoms with Gasteiger partial charge in [0.25, 0.3) is 5.91 Å². The summed E-state index contributed by atoms with van der Waals surface area (Å²) in [5.74, 6) is -0.620. The van der Waals surface area contributed by atoms with E-state index < -0.39 is 0 Å². The molecule has 18 heavy (non-hydrogen) atoms. The number of thiol groups is 1. The van der Waals surface area contributed by atoms with E-state index in [0.717, 1.165) is 4.47 Å². The molecule has 0 radical (unpaired) electrons. The number of hydrogen-bond acceptors (Lipinski definition) is 2. The number of hydrogen-bond donors (Lipinski definition) is 2. The van der Waals surface area contributed by atoms with Gasteiger partial charge in [0.15, 0.2) is 0 Å². The van der Waals surface area contributed by atoms with Gasteiger partial charge in [-0.05, 0) is 42.5 Å². The van der Waals surface area contributed by atoms with Gasteiger partial charge in [0, 0.05) is 15.1 Å². The van der Waals surface area contributed by atoms with Crippen LogP contribution in [-0.4, -0.2) is 5.91 Å². The summed E-state index contributed by atoms with van der Waals surface area (Å²) in [7, 11) is 0. The topological polar surface area (TPSA) is 29.1 Å². The summed E-state index contributed by atoms with van der Waals surface area (Å²) < 4.78 is 13.6. The highest BCUT2D eigenvalue weighted by Gasteiger charge is 2.09. The molecular formula is C13H9BrFNOS. The van der Waals surface area contributed by atoms with E-state index in [4.69, 9.17) is 0 Å². The van der Waals surface area contributed by atoms with Crippen LogP contribution in [0.1, 0.15) is 10.4 Å². The SMILES string of the molecule is O=C(Nc1ccc(F)cc1)c1ccc(Br)cc1S. The van der Waals surface area contributed by atoms with Crippen molar-refractivity contribution in [2.75, 3.05) is 5.32 Å². The molecule has 2 aromatic carbocycles. The molecule has 0 aromatic heterocycles. The first-order valence-electron chi connectivity index (χ1n) is 5.12. The number of nitrogens with one attached hydrogen (secondary N) is 1. The number of benzene rings is 2.